The lowest BCUT2D eigenvalue weighted by molar-refractivity contribution is -0.143. The van der Waals surface area contributed by atoms with Gasteiger partial charge in [0.1, 0.15) is 29.0 Å². The number of rotatable bonds is 11. The van der Waals surface area contributed by atoms with Crippen molar-refractivity contribution in [3.05, 3.63) is 64.8 Å². The lowest BCUT2D eigenvalue weighted by Gasteiger charge is -2.32. The molecule has 4 rings (SSSR count). The van der Waals surface area contributed by atoms with Gasteiger partial charge in [0.2, 0.25) is 5.91 Å². The molecular formula is C27H28N6O7S. The molecule has 6 N–H and O–H groups in total. The molecule has 0 saturated carbocycles. The summed E-state index contributed by atoms with van der Waals surface area (Å²) < 4.78 is 19.9. The van der Waals surface area contributed by atoms with Crippen molar-refractivity contribution in [2.24, 2.45) is 5.73 Å². The van der Waals surface area contributed by atoms with E-state index in [9.17, 15) is 19.2 Å². The Labute approximate surface area is 238 Å². The summed E-state index contributed by atoms with van der Waals surface area (Å²) in [6, 6.07) is 10.5. The minimum absolute atomic E-state index is 0.124. The van der Waals surface area contributed by atoms with Crippen molar-refractivity contribution >= 4 is 57.5 Å². The van der Waals surface area contributed by atoms with Crippen LogP contribution < -0.4 is 31.2 Å². The topological polar surface area (TPSA) is 192 Å². The third kappa shape index (κ3) is 5.77. The summed E-state index contributed by atoms with van der Waals surface area (Å²) in [6.45, 7) is 1.32. The molecule has 0 saturated heterocycles. The highest BCUT2D eigenvalue weighted by atomic mass is 32.1. The van der Waals surface area contributed by atoms with Crippen LogP contribution in [0.25, 0.3) is 10.9 Å². The summed E-state index contributed by atoms with van der Waals surface area (Å²) in [7, 11) is 2.85. The van der Waals surface area contributed by atoms with E-state index in [2.05, 4.69) is 14.7 Å². The number of benzene rings is 2. The molecule has 4 aromatic rings. The number of anilines is 2. The first-order chi connectivity index (χ1) is 19.7. The second-order valence-electron chi connectivity index (χ2n) is 8.57. The lowest BCUT2D eigenvalue weighted by atomic mass is 10.0. The molecule has 14 heteroatoms. The number of para-hydroxylation sites is 1. The van der Waals surface area contributed by atoms with Crippen LogP contribution in [0.1, 0.15) is 38.7 Å². The van der Waals surface area contributed by atoms with E-state index in [1.54, 1.807) is 37.4 Å². The van der Waals surface area contributed by atoms with Crippen LogP contribution in [0.4, 0.5) is 11.4 Å². The number of aromatic amines is 1. The van der Waals surface area contributed by atoms with Gasteiger partial charge in [0.15, 0.2) is 5.69 Å². The Hall–Kier alpha value is -5.11. The van der Waals surface area contributed by atoms with Crippen molar-refractivity contribution in [3.8, 4) is 11.5 Å². The van der Waals surface area contributed by atoms with Gasteiger partial charge in [-0.2, -0.15) is 4.37 Å². The Morgan fingerprint density at radius 2 is 1.88 bits per heavy atom. The second-order valence-corrected chi connectivity index (χ2v) is 9.34. The van der Waals surface area contributed by atoms with Crippen molar-refractivity contribution in [2.75, 3.05) is 38.0 Å². The highest BCUT2D eigenvalue weighted by Gasteiger charge is 2.39. The summed E-state index contributed by atoms with van der Waals surface area (Å²) in [5, 5.41) is 3.21. The number of H-pyrrole nitrogens is 1. The van der Waals surface area contributed by atoms with Crippen molar-refractivity contribution in [1.82, 2.24) is 14.7 Å². The zero-order chi connectivity index (χ0) is 29.7. The van der Waals surface area contributed by atoms with Crippen molar-refractivity contribution < 1.29 is 33.4 Å². The molecule has 0 aliphatic rings. The number of nitrogens with zero attached hydrogens (tertiary/aromatic N) is 2. The van der Waals surface area contributed by atoms with E-state index in [0.717, 1.165) is 4.90 Å². The number of nitrogens with two attached hydrogens (primary N) is 2. The maximum absolute atomic E-state index is 14.4. The standard InChI is InChI=1S/C27H28N6O7S/c1-4-40-20(34)13-31-26(36)23(16-12-30-17-8-6-5-7-15(16)17)33(18-11-14(38-2)9-10-19(18)39-3)27(37)24-21(28)22(25(29)35)32-41-24/h5-12,23,30H,4,13,28H2,1-3H3,(H2,29,35)(H,31,36). The van der Waals surface area contributed by atoms with Crippen LogP contribution in [0.3, 0.4) is 0 Å². The smallest absolute Gasteiger partial charge is 0.325 e. The molecule has 2 aromatic heterocycles. The van der Waals surface area contributed by atoms with E-state index in [1.165, 1.54) is 20.3 Å². The number of nitrogens with one attached hydrogen (secondary N) is 2. The second kappa shape index (κ2) is 12.4. The minimum Gasteiger partial charge on any atom is -0.497 e. The molecule has 13 nitrogen and oxygen atoms in total. The van der Waals surface area contributed by atoms with E-state index >= 15 is 0 Å². The number of fused-ring (bicyclic) bond motifs is 1. The van der Waals surface area contributed by atoms with Gasteiger partial charge in [-0.3, -0.25) is 24.1 Å². The van der Waals surface area contributed by atoms with E-state index in [4.69, 9.17) is 25.7 Å². The highest BCUT2D eigenvalue weighted by molar-refractivity contribution is 7.09. The summed E-state index contributed by atoms with van der Waals surface area (Å²) in [5.41, 5.74) is 12.3. The zero-order valence-corrected chi connectivity index (χ0v) is 23.2. The number of esters is 1. The summed E-state index contributed by atoms with van der Waals surface area (Å²) in [5.74, 6) is -2.48. The van der Waals surface area contributed by atoms with Crippen molar-refractivity contribution in [3.63, 3.8) is 0 Å². The van der Waals surface area contributed by atoms with E-state index in [0.29, 0.717) is 33.7 Å². The fraction of sp³-hybridized carbons (Fsp3) is 0.222. The van der Waals surface area contributed by atoms with Crippen LogP contribution in [0.2, 0.25) is 0 Å². The van der Waals surface area contributed by atoms with Crippen LogP contribution in [-0.2, 0) is 14.3 Å². The number of hydrogen-bond donors (Lipinski definition) is 4. The fourth-order valence-electron chi connectivity index (χ4n) is 4.28. The molecule has 0 spiro atoms. The van der Waals surface area contributed by atoms with Crippen LogP contribution in [0.15, 0.2) is 48.7 Å². The molecule has 2 heterocycles. The Bertz CT molecular complexity index is 1610. The molecule has 41 heavy (non-hydrogen) atoms. The van der Waals surface area contributed by atoms with Gasteiger partial charge in [0.05, 0.1) is 32.2 Å². The summed E-state index contributed by atoms with van der Waals surface area (Å²) in [6.07, 6.45) is 1.59. The van der Waals surface area contributed by atoms with Gasteiger partial charge < -0.3 is 36.0 Å². The van der Waals surface area contributed by atoms with E-state index < -0.39 is 36.3 Å². The van der Waals surface area contributed by atoms with Gasteiger partial charge in [-0.25, -0.2) is 0 Å². The van der Waals surface area contributed by atoms with Crippen LogP contribution in [-0.4, -0.2) is 60.4 Å². The third-order valence-corrected chi connectivity index (χ3v) is 7.01. The Balaban J connectivity index is 1.97. The number of nitrogen functional groups attached to an aromatic ring is 1. The molecule has 0 fully saturated rings. The molecule has 0 aliphatic carbocycles. The van der Waals surface area contributed by atoms with Gasteiger partial charge >= 0.3 is 5.97 Å². The van der Waals surface area contributed by atoms with Crippen LogP contribution in [0, 0.1) is 0 Å². The fourth-order valence-corrected chi connectivity index (χ4v) is 5.02. The number of carbonyl (C=O) groups excluding carboxylic acids is 4. The van der Waals surface area contributed by atoms with Gasteiger partial charge in [-0.15, -0.1) is 0 Å². The molecular weight excluding hydrogens is 552 g/mol. The predicted molar refractivity (Wildman–Crippen MR) is 152 cm³/mol. The summed E-state index contributed by atoms with van der Waals surface area (Å²) >= 11 is 0.661. The molecule has 0 radical (unpaired) electrons. The highest BCUT2D eigenvalue weighted by Crippen LogP contribution is 2.41. The quantitative estimate of drug-likeness (QED) is 0.193. The molecule has 3 amide bonds. The largest absolute Gasteiger partial charge is 0.497 e. The molecule has 1 unspecified atom stereocenters. The van der Waals surface area contributed by atoms with Gasteiger partial charge in [0, 0.05) is 28.7 Å². The SMILES string of the molecule is CCOC(=O)CNC(=O)C(c1c[nH]c2ccccc12)N(C(=O)c1snc(C(N)=O)c1N)c1cc(OC)ccc1OC. The number of aromatic nitrogens is 2. The number of carbonyl (C=O) groups is 4. The van der Waals surface area contributed by atoms with Gasteiger partial charge in [-0.05, 0) is 36.7 Å². The zero-order valence-electron chi connectivity index (χ0n) is 22.4. The Morgan fingerprint density at radius 1 is 1.12 bits per heavy atom. The van der Waals surface area contributed by atoms with E-state index in [-0.39, 0.29) is 34.3 Å². The molecule has 1 atom stereocenters. The first-order valence-corrected chi connectivity index (χ1v) is 13.1. The maximum atomic E-state index is 14.4. The first kappa shape index (κ1) is 28.9. The number of hydrogen-bond acceptors (Lipinski definition) is 10. The van der Waals surface area contributed by atoms with Gasteiger partial charge in [-0.1, -0.05) is 18.2 Å². The average Bonchev–Trinajstić information content (AvgIpc) is 3.57. The van der Waals surface area contributed by atoms with Crippen LogP contribution in [0.5, 0.6) is 11.5 Å². The molecule has 0 bridgehead atoms. The first-order valence-electron chi connectivity index (χ1n) is 12.3. The molecule has 2 aromatic carbocycles. The lowest BCUT2D eigenvalue weighted by Crippen LogP contribution is -2.45. The monoisotopic (exact) mass is 580 g/mol. The Kier molecular flexibility index (Phi) is 8.72. The minimum atomic E-state index is -1.38. The van der Waals surface area contributed by atoms with Crippen molar-refractivity contribution in [1.29, 1.82) is 0 Å². The number of amides is 3. The number of primary amides is 1. The maximum Gasteiger partial charge on any atom is 0.325 e. The predicted octanol–water partition coefficient (Wildman–Crippen LogP) is 2.39. The van der Waals surface area contributed by atoms with Gasteiger partial charge in [0.25, 0.3) is 11.8 Å². The van der Waals surface area contributed by atoms with Crippen LogP contribution >= 0.6 is 11.5 Å². The Morgan fingerprint density at radius 3 is 2.54 bits per heavy atom. The average molecular weight is 581 g/mol. The third-order valence-electron chi connectivity index (χ3n) is 6.15. The van der Waals surface area contributed by atoms with Crippen molar-refractivity contribution in [2.45, 2.75) is 13.0 Å². The molecule has 0 aliphatic heterocycles. The number of ether oxygens (including phenoxy) is 3. The van der Waals surface area contributed by atoms with E-state index in [1.807, 2.05) is 12.1 Å². The number of methoxy groups -OCH3 is 2. The summed E-state index contributed by atoms with van der Waals surface area (Å²) in [4.78, 5) is 56.5. The molecule has 214 valence electrons. The normalized spacial score (nSPS) is 11.5.